The topological polar surface area (TPSA) is 114 Å². The fourth-order valence-electron chi connectivity index (χ4n) is 6.13. The predicted octanol–water partition coefficient (Wildman–Crippen LogP) is 3.49. The van der Waals surface area contributed by atoms with Gasteiger partial charge in [0, 0.05) is 24.9 Å². The van der Waals surface area contributed by atoms with E-state index in [1.54, 1.807) is 36.5 Å². The predicted molar refractivity (Wildman–Crippen MR) is 142 cm³/mol. The number of amides is 3. The van der Waals surface area contributed by atoms with E-state index in [4.69, 9.17) is 14.2 Å². The largest absolute Gasteiger partial charge is 0.454 e. The molecule has 0 bridgehead atoms. The van der Waals surface area contributed by atoms with Gasteiger partial charge >= 0.3 is 5.97 Å². The number of anilines is 2. The molecule has 10 nitrogen and oxygen atoms in total. The fourth-order valence-corrected chi connectivity index (χ4v) is 6.13. The molecule has 10 heteroatoms. The first-order valence-electron chi connectivity index (χ1n) is 12.8. The normalized spacial score (nSPS) is 23.5. The number of nitrogens with one attached hydrogen (secondary N) is 1. The SMILES string of the molecule is CC(=O)Oc1ccc(N2C(=O)[C@@H]3[C@H](C2=O)[C@H]2c4ccccc4C=CN2[C@@H]3C(=O)Nc2ccc3c(c2)OCO3)cc1. The van der Waals surface area contributed by atoms with Crippen LogP contribution in [0, 0.1) is 11.8 Å². The highest BCUT2D eigenvalue weighted by atomic mass is 16.7. The Bertz CT molecular complexity index is 1620. The van der Waals surface area contributed by atoms with Crippen molar-refractivity contribution in [2.45, 2.75) is 19.0 Å². The van der Waals surface area contributed by atoms with Gasteiger partial charge in [0.15, 0.2) is 11.5 Å². The summed E-state index contributed by atoms with van der Waals surface area (Å²) in [6.07, 6.45) is 3.70. The van der Waals surface area contributed by atoms with E-state index >= 15 is 0 Å². The first-order valence-corrected chi connectivity index (χ1v) is 12.8. The highest BCUT2D eigenvalue weighted by Gasteiger charge is 2.64. The highest BCUT2D eigenvalue weighted by molar-refractivity contribution is 6.24. The molecule has 40 heavy (non-hydrogen) atoms. The second-order valence-corrected chi connectivity index (χ2v) is 9.99. The molecule has 3 aromatic carbocycles. The molecule has 4 atom stereocenters. The van der Waals surface area contributed by atoms with E-state index in [1.165, 1.54) is 19.1 Å². The lowest BCUT2D eigenvalue weighted by atomic mass is 9.84. The van der Waals surface area contributed by atoms with Crippen LogP contribution in [-0.4, -0.2) is 41.4 Å². The first kappa shape index (κ1) is 24.0. The van der Waals surface area contributed by atoms with Crippen LogP contribution < -0.4 is 24.4 Å². The molecule has 0 radical (unpaired) electrons. The Morgan fingerprint density at radius 1 is 0.925 bits per heavy atom. The smallest absolute Gasteiger partial charge is 0.308 e. The quantitative estimate of drug-likeness (QED) is 0.306. The number of fused-ring (bicyclic) bond motifs is 6. The second kappa shape index (κ2) is 8.98. The summed E-state index contributed by atoms with van der Waals surface area (Å²) < 4.78 is 15.9. The Kier molecular flexibility index (Phi) is 5.38. The molecule has 0 aliphatic carbocycles. The maximum Gasteiger partial charge on any atom is 0.308 e. The molecule has 2 saturated heterocycles. The van der Waals surface area contributed by atoms with Crippen LogP contribution in [-0.2, 0) is 19.2 Å². The molecular weight excluding hydrogens is 514 g/mol. The van der Waals surface area contributed by atoms with Gasteiger partial charge in [-0.25, -0.2) is 4.90 Å². The summed E-state index contributed by atoms with van der Waals surface area (Å²) in [5.41, 5.74) is 2.65. The molecule has 200 valence electrons. The molecule has 3 aromatic rings. The van der Waals surface area contributed by atoms with Crippen molar-refractivity contribution in [2.24, 2.45) is 11.8 Å². The number of imide groups is 1. The van der Waals surface area contributed by atoms with Crippen LogP contribution in [0.15, 0.2) is 72.9 Å². The van der Waals surface area contributed by atoms with Crippen LogP contribution in [0.1, 0.15) is 24.1 Å². The lowest BCUT2D eigenvalue weighted by Crippen LogP contribution is -2.46. The second-order valence-electron chi connectivity index (χ2n) is 9.99. The summed E-state index contributed by atoms with van der Waals surface area (Å²) in [5, 5.41) is 2.92. The number of carbonyl (C=O) groups excluding carboxylic acids is 4. The van der Waals surface area contributed by atoms with Crippen molar-refractivity contribution in [3.8, 4) is 17.2 Å². The number of carbonyl (C=O) groups is 4. The zero-order valence-electron chi connectivity index (χ0n) is 21.3. The van der Waals surface area contributed by atoms with Crippen LogP contribution >= 0.6 is 0 Å². The summed E-state index contributed by atoms with van der Waals surface area (Å²) >= 11 is 0. The van der Waals surface area contributed by atoms with Gasteiger partial charge in [-0.05, 0) is 53.6 Å². The summed E-state index contributed by atoms with van der Waals surface area (Å²) in [4.78, 5) is 56.1. The van der Waals surface area contributed by atoms with Gasteiger partial charge in [-0.2, -0.15) is 0 Å². The molecule has 0 aromatic heterocycles. The number of benzene rings is 3. The van der Waals surface area contributed by atoms with Gasteiger partial charge in [-0.1, -0.05) is 24.3 Å². The Hall–Kier alpha value is -5.12. The molecule has 4 heterocycles. The van der Waals surface area contributed by atoms with E-state index in [0.29, 0.717) is 28.6 Å². The van der Waals surface area contributed by atoms with E-state index in [9.17, 15) is 19.2 Å². The van der Waals surface area contributed by atoms with E-state index in [2.05, 4.69) is 5.32 Å². The average molecular weight is 538 g/mol. The molecule has 4 aliphatic heterocycles. The van der Waals surface area contributed by atoms with Crippen molar-refractivity contribution in [1.82, 2.24) is 4.90 Å². The van der Waals surface area contributed by atoms with Gasteiger partial charge in [-0.15, -0.1) is 0 Å². The maximum atomic E-state index is 14.0. The third kappa shape index (κ3) is 3.64. The van der Waals surface area contributed by atoms with Crippen molar-refractivity contribution >= 4 is 41.1 Å². The van der Waals surface area contributed by atoms with Gasteiger partial charge in [0.05, 0.1) is 23.6 Å². The molecule has 4 aliphatic rings. The van der Waals surface area contributed by atoms with Crippen molar-refractivity contribution in [2.75, 3.05) is 17.0 Å². The zero-order chi connectivity index (χ0) is 27.5. The third-order valence-corrected chi connectivity index (χ3v) is 7.73. The highest BCUT2D eigenvalue weighted by Crippen LogP contribution is 2.53. The van der Waals surface area contributed by atoms with E-state index in [-0.39, 0.29) is 12.7 Å². The van der Waals surface area contributed by atoms with Crippen LogP contribution in [0.25, 0.3) is 6.08 Å². The monoisotopic (exact) mass is 537 g/mol. The van der Waals surface area contributed by atoms with Gasteiger partial charge in [0.25, 0.3) is 0 Å². The molecule has 0 spiro atoms. The molecule has 7 rings (SSSR count). The van der Waals surface area contributed by atoms with E-state index < -0.39 is 41.7 Å². The summed E-state index contributed by atoms with van der Waals surface area (Å²) in [6.45, 7) is 1.40. The van der Waals surface area contributed by atoms with Crippen LogP contribution in [0.3, 0.4) is 0 Å². The number of esters is 1. The summed E-state index contributed by atoms with van der Waals surface area (Å²) in [6, 6.07) is 17.5. The van der Waals surface area contributed by atoms with Gasteiger partial charge < -0.3 is 24.4 Å². The number of nitrogens with zero attached hydrogens (tertiary/aromatic N) is 2. The number of rotatable bonds is 4. The lowest BCUT2D eigenvalue weighted by Gasteiger charge is -2.35. The maximum absolute atomic E-state index is 14.0. The Balaban J connectivity index is 1.26. The zero-order valence-corrected chi connectivity index (χ0v) is 21.3. The van der Waals surface area contributed by atoms with Crippen molar-refractivity contribution in [3.63, 3.8) is 0 Å². The summed E-state index contributed by atoms with van der Waals surface area (Å²) in [7, 11) is 0. The molecule has 3 amide bonds. The standard InChI is InChI=1S/C30H23N3O7/c1-16(34)40-20-9-7-19(8-10-20)33-29(36)24-25(30(33)37)27(32-13-12-17-4-2-3-5-21(17)26(24)32)28(35)31-18-6-11-22-23(14-18)39-15-38-22/h2-14,24-27H,15H2,1H3,(H,31,35)/t24-,25+,26+,27-/m0/s1. The fraction of sp³-hybridized carbons (Fsp3) is 0.200. The lowest BCUT2D eigenvalue weighted by molar-refractivity contribution is -0.132. The molecule has 1 N–H and O–H groups in total. The van der Waals surface area contributed by atoms with Gasteiger partial charge in [0.1, 0.15) is 11.8 Å². The van der Waals surface area contributed by atoms with Crippen molar-refractivity contribution in [1.29, 1.82) is 0 Å². The molecule has 2 fully saturated rings. The van der Waals surface area contributed by atoms with E-state index in [0.717, 1.165) is 16.0 Å². The molecular formula is C30H23N3O7. The molecule has 0 saturated carbocycles. The number of ether oxygens (including phenoxy) is 3. The Labute approximate surface area is 228 Å². The minimum absolute atomic E-state index is 0.104. The number of hydrogen-bond acceptors (Lipinski definition) is 8. The Morgan fingerprint density at radius 2 is 1.68 bits per heavy atom. The number of hydrogen-bond donors (Lipinski definition) is 1. The van der Waals surface area contributed by atoms with E-state index in [1.807, 2.05) is 35.2 Å². The van der Waals surface area contributed by atoms with Crippen LogP contribution in [0.5, 0.6) is 17.2 Å². The summed E-state index contributed by atoms with van der Waals surface area (Å²) in [5.74, 6) is -2.02. The molecule has 0 unspecified atom stereocenters. The van der Waals surface area contributed by atoms with Gasteiger partial charge in [-0.3, -0.25) is 19.2 Å². The van der Waals surface area contributed by atoms with Crippen molar-refractivity contribution in [3.05, 3.63) is 84.1 Å². The Morgan fingerprint density at radius 3 is 2.48 bits per heavy atom. The first-order chi connectivity index (χ1) is 19.4. The van der Waals surface area contributed by atoms with Crippen LogP contribution in [0.4, 0.5) is 11.4 Å². The van der Waals surface area contributed by atoms with Crippen LogP contribution in [0.2, 0.25) is 0 Å². The van der Waals surface area contributed by atoms with Gasteiger partial charge in [0.2, 0.25) is 24.5 Å². The average Bonchev–Trinajstić information content (AvgIpc) is 3.62. The minimum atomic E-state index is -0.938. The van der Waals surface area contributed by atoms with Crippen molar-refractivity contribution < 1.29 is 33.4 Å². The third-order valence-electron chi connectivity index (χ3n) is 7.73. The minimum Gasteiger partial charge on any atom is -0.454 e.